The molecule has 1 aromatic carbocycles. The first-order valence-corrected chi connectivity index (χ1v) is 7.84. The van der Waals surface area contributed by atoms with Crippen LogP contribution in [-0.2, 0) is 19.3 Å². The van der Waals surface area contributed by atoms with Gasteiger partial charge in [0.15, 0.2) is 0 Å². The fourth-order valence-electron chi connectivity index (χ4n) is 3.27. The quantitative estimate of drug-likeness (QED) is 0.933. The summed E-state index contributed by atoms with van der Waals surface area (Å²) in [5, 5.41) is 3.22. The zero-order chi connectivity index (χ0) is 14.8. The van der Waals surface area contributed by atoms with Crippen molar-refractivity contribution in [2.45, 2.75) is 45.4 Å². The predicted molar refractivity (Wildman–Crippen MR) is 86.9 cm³/mol. The van der Waals surface area contributed by atoms with E-state index in [1.165, 1.54) is 22.4 Å². The molecule has 0 amide bonds. The molecule has 1 unspecified atom stereocenters. The van der Waals surface area contributed by atoms with Gasteiger partial charge in [-0.25, -0.2) is 9.97 Å². The molecule has 110 valence electrons. The summed E-state index contributed by atoms with van der Waals surface area (Å²) in [4.78, 5) is 9.62. The maximum Gasteiger partial charge on any atom is 0.134 e. The molecule has 3 rings (SSSR count). The molecule has 0 spiro atoms. The minimum atomic E-state index is 0.442. The average Bonchev–Trinajstić information content (AvgIpc) is 2.54. The number of aryl methyl sites for hydroxylation is 2. The molecule has 1 aliphatic rings. The van der Waals surface area contributed by atoms with Crippen molar-refractivity contribution in [3.05, 3.63) is 52.5 Å². The van der Waals surface area contributed by atoms with Crippen molar-refractivity contribution in [2.24, 2.45) is 0 Å². The lowest BCUT2D eigenvalue weighted by atomic mass is 9.83. The highest BCUT2D eigenvalue weighted by Crippen LogP contribution is 2.32. The maximum absolute atomic E-state index is 4.84. The normalized spacial score (nSPS) is 17.4. The second-order valence-corrected chi connectivity index (χ2v) is 5.81. The molecule has 0 saturated heterocycles. The van der Waals surface area contributed by atoms with Crippen molar-refractivity contribution >= 4 is 5.82 Å². The molecule has 3 heteroatoms. The van der Waals surface area contributed by atoms with E-state index in [2.05, 4.69) is 43.4 Å². The number of aromatic nitrogens is 2. The third-order valence-corrected chi connectivity index (χ3v) is 4.55. The zero-order valence-corrected chi connectivity index (χ0v) is 13.1. The van der Waals surface area contributed by atoms with Gasteiger partial charge in [-0.05, 0) is 43.7 Å². The highest BCUT2D eigenvalue weighted by molar-refractivity contribution is 5.46. The minimum absolute atomic E-state index is 0.442. The van der Waals surface area contributed by atoms with Crippen LogP contribution < -0.4 is 5.32 Å². The highest BCUT2D eigenvalue weighted by atomic mass is 15.0. The van der Waals surface area contributed by atoms with Crippen LogP contribution in [0.4, 0.5) is 5.82 Å². The molecule has 21 heavy (non-hydrogen) atoms. The molecule has 0 fully saturated rings. The monoisotopic (exact) mass is 281 g/mol. The third-order valence-electron chi connectivity index (χ3n) is 4.55. The van der Waals surface area contributed by atoms with Crippen LogP contribution >= 0.6 is 0 Å². The maximum atomic E-state index is 4.84. The Bertz CT molecular complexity index is 624. The van der Waals surface area contributed by atoms with Crippen molar-refractivity contribution < 1.29 is 0 Å². The van der Waals surface area contributed by atoms with Crippen LogP contribution in [0.25, 0.3) is 0 Å². The zero-order valence-electron chi connectivity index (χ0n) is 13.1. The van der Waals surface area contributed by atoms with Gasteiger partial charge in [-0.15, -0.1) is 0 Å². The number of nitrogens with one attached hydrogen (secondary N) is 1. The van der Waals surface area contributed by atoms with E-state index >= 15 is 0 Å². The highest BCUT2D eigenvalue weighted by Gasteiger charge is 2.23. The number of fused-ring (bicyclic) bond motifs is 1. The number of rotatable bonds is 3. The van der Waals surface area contributed by atoms with Gasteiger partial charge in [0, 0.05) is 24.2 Å². The number of hydrogen-bond acceptors (Lipinski definition) is 3. The molecular formula is C18H23N3. The van der Waals surface area contributed by atoms with Gasteiger partial charge < -0.3 is 5.32 Å². The van der Waals surface area contributed by atoms with Gasteiger partial charge in [-0.2, -0.15) is 0 Å². The summed E-state index contributed by atoms with van der Waals surface area (Å²) in [5.41, 5.74) is 5.30. The van der Waals surface area contributed by atoms with Crippen LogP contribution in [0.1, 0.15) is 47.5 Å². The Morgan fingerprint density at radius 2 is 1.95 bits per heavy atom. The summed E-state index contributed by atoms with van der Waals surface area (Å²) in [6.07, 6.45) is 4.30. The van der Waals surface area contributed by atoms with Crippen molar-refractivity contribution in [1.29, 1.82) is 0 Å². The van der Waals surface area contributed by atoms with E-state index in [-0.39, 0.29) is 0 Å². The first kappa shape index (κ1) is 14.1. The van der Waals surface area contributed by atoms with Gasteiger partial charge in [0.25, 0.3) is 0 Å². The molecule has 1 aromatic heterocycles. The van der Waals surface area contributed by atoms with E-state index in [1.54, 1.807) is 0 Å². The van der Waals surface area contributed by atoms with Crippen molar-refractivity contribution in [3.63, 3.8) is 0 Å². The predicted octanol–water partition coefficient (Wildman–Crippen LogP) is 3.66. The van der Waals surface area contributed by atoms with Crippen LogP contribution in [0.3, 0.4) is 0 Å². The van der Waals surface area contributed by atoms with E-state index in [4.69, 9.17) is 9.97 Å². The topological polar surface area (TPSA) is 37.8 Å². The first-order chi connectivity index (χ1) is 10.2. The van der Waals surface area contributed by atoms with Gasteiger partial charge >= 0.3 is 0 Å². The largest absolute Gasteiger partial charge is 0.373 e. The minimum Gasteiger partial charge on any atom is -0.373 e. The summed E-state index contributed by atoms with van der Waals surface area (Å²) in [7, 11) is 1.94. The lowest BCUT2D eigenvalue weighted by Gasteiger charge is -2.24. The Morgan fingerprint density at radius 1 is 1.19 bits per heavy atom. The second kappa shape index (κ2) is 5.84. The van der Waals surface area contributed by atoms with Crippen molar-refractivity contribution in [2.75, 3.05) is 12.4 Å². The lowest BCUT2D eigenvalue weighted by molar-refractivity contribution is 0.552. The molecule has 1 N–H and O–H groups in total. The molecule has 0 bridgehead atoms. The SMILES string of the molecule is CCc1nc(C2CCc3ccccc3C2)nc(NC)c1C. The molecule has 0 aliphatic heterocycles. The van der Waals surface area contributed by atoms with Crippen LogP contribution in [-0.4, -0.2) is 17.0 Å². The van der Waals surface area contributed by atoms with Crippen molar-refractivity contribution in [1.82, 2.24) is 9.97 Å². The van der Waals surface area contributed by atoms with E-state index in [9.17, 15) is 0 Å². The van der Waals surface area contributed by atoms with Crippen LogP contribution in [0, 0.1) is 6.92 Å². The van der Waals surface area contributed by atoms with Gasteiger partial charge in [-0.1, -0.05) is 31.2 Å². The molecule has 0 saturated carbocycles. The van der Waals surface area contributed by atoms with E-state index in [1.807, 2.05) is 7.05 Å². The van der Waals surface area contributed by atoms with E-state index in [0.29, 0.717) is 5.92 Å². The van der Waals surface area contributed by atoms with E-state index < -0.39 is 0 Å². The average molecular weight is 281 g/mol. The second-order valence-electron chi connectivity index (χ2n) is 5.81. The molecule has 2 aromatic rings. The lowest BCUT2D eigenvalue weighted by Crippen LogP contribution is -2.17. The summed E-state index contributed by atoms with van der Waals surface area (Å²) < 4.78 is 0. The fourth-order valence-corrected chi connectivity index (χ4v) is 3.27. The molecular weight excluding hydrogens is 258 g/mol. The third kappa shape index (κ3) is 2.65. The Labute approximate surface area is 126 Å². The smallest absolute Gasteiger partial charge is 0.134 e. The summed E-state index contributed by atoms with van der Waals surface area (Å²) in [5.74, 6) is 2.44. The number of hydrogen-bond donors (Lipinski definition) is 1. The number of anilines is 1. The summed E-state index contributed by atoms with van der Waals surface area (Å²) in [6, 6.07) is 8.76. The van der Waals surface area contributed by atoms with Gasteiger partial charge in [0.1, 0.15) is 11.6 Å². The van der Waals surface area contributed by atoms with Gasteiger partial charge in [0.05, 0.1) is 0 Å². The molecule has 0 radical (unpaired) electrons. The van der Waals surface area contributed by atoms with E-state index in [0.717, 1.165) is 37.3 Å². The summed E-state index contributed by atoms with van der Waals surface area (Å²) >= 11 is 0. The standard InChI is InChI=1S/C18H23N3/c1-4-16-12(2)17(19-3)21-18(20-16)15-10-9-13-7-5-6-8-14(13)11-15/h5-8,15H,4,9-11H2,1-3H3,(H,19,20,21). The van der Waals surface area contributed by atoms with Crippen LogP contribution in [0.15, 0.2) is 24.3 Å². The van der Waals surface area contributed by atoms with Gasteiger partial charge in [0.2, 0.25) is 0 Å². The Hall–Kier alpha value is -1.90. The Kier molecular flexibility index (Phi) is 3.91. The van der Waals surface area contributed by atoms with Crippen molar-refractivity contribution in [3.8, 4) is 0 Å². The van der Waals surface area contributed by atoms with Crippen LogP contribution in [0.5, 0.6) is 0 Å². The summed E-state index contributed by atoms with van der Waals surface area (Å²) in [6.45, 7) is 4.26. The van der Waals surface area contributed by atoms with Gasteiger partial charge in [-0.3, -0.25) is 0 Å². The molecule has 1 atom stereocenters. The Morgan fingerprint density at radius 3 is 2.67 bits per heavy atom. The fraction of sp³-hybridized carbons (Fsp3) is 0.444. The molecule has 1 heterocycles. The molecule has 1 aliphatic carbocycles. The number of nitrogens with zero attached hydrogens (tertiary/aromatic N) is 2. The Balaban J connectivity index is 1.95. The van der Waals surface area contributed by atoms with Crippen LogP contribution in [0.2, 0.25) is 0 Å². The number of benzene rings is 1. The molecule has 3 nitrogen and oxygen atoms in total. The first-order valence-electron chi connectivity index (χ1n) is 7.84.